The van der Waals surface area contributed by atoms with Gasteiger partial charge in [-0.3, -0.25) is 0 Å². The number of piperazine rings is 1. The van der Waals surface area contributed by atoms with Gasteiger partial charge in [0.2, 0.25) is 0 Å². The van der Waals surface area contributed by atoms with Crippen LogP contribution < -0.4 is 10.6 Å². The summed E-state index contributed by atoms with van der Waals surface area (Å²) in [6, 6.07) is 0.291. The number of nitrogens with zero attached hydrogens (tertiary/aromatic N) is 1. The SMILES string of the molecule is CC(C)(C)OC(=O)NC1CCC(CN2CCNCC2)CC1. The van der Waals surface area contributed by atoms with Crippen LogP contribution in [0.5, 0.6) is 0 Å². The Morgan fingerprint density at radius 2 is 1.81 bits per heavy atom. The van der Waals surface area contributed by atoms with Crippen LogP contribution in [-0.2, 0) is 4.74 Å². The minimum atomic E-state index is -0.413. The summed E-state index contributed by atoms with van der Waals surface area (Å²) in [7, 11) is 0. The molecule has 0 unspecified atom stereocenters. The van der Waals surface area contributed by atoms with E-state index in [1.54, 1.807) is 0 Å². The van der Waals surface area contributed by atoms with E-state index in [2.05, 4.69) is 15.5 Å². The van der Waals surface area contributed by atoms with Crippen molar-refractivity contribution in [3.63, 3.8) is 0 Å². The molecular weight excluding hydrogens is 266 g/mol. The fourth-order valence-electron chi connectivity index (χ4n) is 3.22. The van der Waals surface area contributed by atoms with Crippen LogP contribution in [0.2, 0.25) is 0 Å². The van der Waals surface area contributed by atoms with Crippen LogP contribution in [0.15, 0.2) is 0 Å². The molecule has 5 nitrogen and oxygen atoms in total. The first-order valence-corrected chi connectivity index (χ1v) is 8.35. The molecule has 1 heterocycles. The highest BCUT2D eigenvalue weighted by Crippen LogP contribution is 2.25. The van der Waals surface area contributed by atoms with Crippen molar-refractivity contribution in [1.82, 2.24) is 15.5 Å². The summed E-state index contributed by atoms with van der Waals surface area (Å²) < 4.78 is 5.32. The lowest BCUT2D eigenvalue weighted by Crippen LogP contribution is -2.46. The van der Waals surface area contributed by atoms with E-state index >= 15 is 0 Å². The van der Waals surface area contributed by atoms with E-state index in [-0.39, 0.29) is 6.09 Å². The lowest BCUT2D eigenvalue weighted by atomic mass is 9.85. The molecule has 2 fully saturated rings. The van der Waals surface area contributed by atoms with E-state index in [1.807, 2.05) is 20.8 Å². The Morgan fingerprint density at radius 1 is 1.19 bits per heavy atom. The van der Waals surface area contributed by atoms with E-state index in [4.69, 9.17) is 4.74 Å². The van der Waals surface area contributed by atoms with E-state index in [9.17, 15) is 4.79 Å². The number of hydrogen-bond acceptors (Lipinski definition) is 4. The van der Waals surface area contributed by atoms with Gasteiger partial charge in [-0.2, -0.15) is 0 Å². The highest BCUT2D eigenvalue weighted by atomic mass is 16.6. The van der Waals surface area contributed by atoms with E-state index in [0.29, 0.717) is 6.04 Å². The second kappa shape index (κ2) is 7.45. The largest absolute Gasteiger partial charge is 0.444 e. The van der Waals surface area contributed by atoms with Crippen LogP contribution in [0.1, 0.15) is 46.5 Å². The van der Waals surface area contributed by atoms with Crippen LogP contribution in [-0.4, -0.2) is 55.4 Å². The van der Waals surface area contributed by atoms with Crippen LogP contribution in [0.4, 0.5) is 4.79 Å². The molecule has 2 N–H and O–H groups in total. The maximum atomic E-state index is 11.8. The van der Waals surface area contributed by atoms with Gasteiger partial charge in [-0.15, -0.1) is 0 Å². The van der Waals surface area contributed by atoms with Crippen molar-refractivity contribution in [3.8, 4) is 0 Å². The third kappa shape index (κ3) is 6.22. The summed E-state index contributed by atoms with van der Waals surface area (Å²) in [6.07, 6.45) is 4.31. The molecule has 2 rings (SSSR count). The molecule has 0 spiro atoms. The molecule has 0 aromatic carbocycles. The molecule has 1 aliphatic carbocycles. The van der Waals surface area contributed by atoms with Crippen molar-refractivity contribution >= 4 is 6.09 Å². The highest BCUT2D eigenvalue weighted by molar-refractivity contribution is 5.68. The number of rotatable bonds is 3. The molecule has 1 aliphatic heterocycles. The Kier molecular flexibility index (Phi) is 5.88. The van der Waals surface area contributed by atoms with Gasteiger partial charge in [-0.1, -0.05) is 0 Å². The first-order chi connectivity index (χ1) is 9.92. The quantitative estimate of drug-likeness (QED) is 0.836. The number of amides is 1. The van der Waals surface area contributed by atoms with E-state index in [1.165, 1.54) is 32.5 Å². The predicted octanol–water partition coefficient (Wildman–Crippen LogP) is 1.98. The molecule has 0 bridgehead atoms. The van der Waals surface area contributed by atoms with E-state index < -0.39 is 5.60 Å². The van der Waals surface area contributed by atoms with Crippen molar-refractivity contribution < 1.29 is 9.53 Å². The topological polar surface area (TPSA) is 53.6 Å². The standard InChI is InChI=1S/C16H31N3O2/c1-16(2,3)21-15(20)18-14-6-4-13(5-7-14)12-19-10-8-17-9-11-19/h13-14,17H,4-12H2,1-3H3,(H,18,20). The first kappa shape index (κ1) is 16.6. The number of hydrogen-bond donors (Lipinski definition) is 2. The zero-order valence-corrected chi connectivity index (χ0v) is 13.8. The van der Waals surface area contributed by atoms with Gasteiger partial charge in [0, 0.05) is 38.8 Å². The molecule has 1 saturated carbocycles. The Hall–Kier alpha value is -0.810. The molecule has 2 aliphatic rings. The summed E-state index contributed by atoms with van der Waals surface area (Å²) >= 11 is 0. The second-order valence-corrected chi connectivity index (χ2v) is 7.41. The van der Waals surface area contributed by atoms with Gasteiger partial charge in [-0.25, -0.2) is 4.79 Å². The zero-order valence-electron chi connectivity index (χ0n) is 13.8. The van der Waals surface area contributed by atoms with Gasteiger partial charge < -0.3 is 20.3 Å². The molecule has 1 amide bonds. The van der Waals surface area contributed by atoms with Gasteiger partial charge in [-0.05, 0) is 52.4 Å². The second-order valence-electron chi connectivity index (χ2n) is 7.41. The third-order valence-corrected chi connectivity index (χ3v) is 4.29. The summed E-state index contributed by atoms with van der Waals surface area (Å²) in [5.74, 6) is 0.791. The molecule has 1 saturated heterocycles. The lowest BCUT2D eigenvalue weighted by molar-refractivity contribution is 0.0483. The van der Waals surface area contributed by atoms with Crippen LogP contribution in [0, 0.1) is 5.92 Å². The van der Waals surface area contributed by atoms with Gasteiger partial charge in [0.1, 0.15) is 5.60 Å². The van der Waals surface area contributed by atoms with Crippen molar-refractivity contribution in [2.75, 3.05) is 32.7 Å². The normalized spacial score (nSPS) is 28.1. The summed E-state index contributed by atoms with van der Waals surface area (Å²) in [5.41, 5.74) is -0.413. The number of nitrogens with one attached hydrogen (secondary N) is 2. The van der Waals surface area contributed by atoms with Crippen LogP contribution >= 0.6 is 0 Å². The number of ether oxygens (including phenoxy) is 1. The van der Waals surface area contributed by atoms with E-state index in [0.717, 1.165) is 31.8 Å². The molecule has 5 heteroatoms. The lowest BCUT2D eigenvalue weighted by Gasteiger charge is -2.35. The highest BCUT2D eigenvalue weighted by Gasteiger charge is 2.26. The van der Waals surface area contributed by atoms with Crippen LogP contribution in [0.3, 0.4) is 0 Å². The monoisotopic (exact) mass is 297 g/mol. The molecule has 0 atom stereocenters. The van der Waals surface area contributed by atoms with Crippen molar-refractivity contribution in [3.05, 3.63) is 0 Å². The average molecular weight is 297 g/mol. The number of carbonyl (C=O) groups is 1. The molecular formula is C16H31N3O2. The van der Waals surface area contributed by atoms with Crippen molar-refractivity contribution in [2.24, 2.45) is 5.92 Å². The molecule has 122 valence electrons. The maximum absolute atomic E-state index is 11.8. The molecule has 0 aromatic heterocycles. The first-order valence-electron chi connectivity index (χ1n) is 8.35. The Bertz CT molecular complexity index is 327. The van der Waals surface area contributed by atoms with Crippen molar-refractivity contribution in [2.45, 2.75) is 58.1 Å². The summed E-state index contributed by atoms with van der Waals surface area (Å²) in [5, 5.41) is 6.41. The fraction of sp³-hybridized carbons (Fsp3) is 0.938. The predicted molar refractivity (Wildman–Crippen MR) is 84.4 cm³/mol. The summed E-state index contributed by atoms with van der Waals surface area (Å²) in [6.45, 7) is 11.5. The fourth-order valence-corrected chi connectivity index (χ4v) is 3.22. The average Bonchev–Trinajstić information content (AvgIpc) is 2.40. The minimum absolute atomic E-state index is 0.270. The molecule has 21 heavy (non-hydrogen) atoms. The number of carbonyl (C=O) groups excluding carboxylic acids is 1. The maximum Gasteiger partial charge on any atom is 0.407 e. The Morgan fingerprint density at radius 3 is 2.38 bits per heavy atom. The van der Waals surface area contributed by atoms with Gasteiger partial charge >= 0.3 is 6.09 Å². The molecule has 0 radical (unpaired) electrons. The van der Waals surface area contributed by atoms with Gasteiger partial charge in [0.25, 0.3) is 0 Å². The van der Waals surface area contributed by atoms with Crippen molar-refractivity contribution in [1.29, 1.82) is 0 Å². The van der Waals surface area contributed by atoms with Crippen LogP contribution in [0.25, 0.3) is 0 Å². The van der Waals surface area contributed by atoms with Gasteiger partial charge in [0.05, 0.1) is 0 Å². The van der Waals surface area contributed by atoms with Gasteiger partial charge in [0.15, 0.2) is 0 Å². The smallest absolute Gasteiger partial charge is 0.407 e. The number of alkyl carbamates (subject to hydrolysis) is 1. The molecule has 0 aromatic rings. The zero-order chi connectivity index (χ0) is 15.3. The minimum Gasteiger partial charge on any atom is -0.444 e. The summed E-state index contributed by atoms with van der Waals surface area (Å²) in [4.78, 5) is 14.3. The Labute approximate surface area is 128 Å². The third-order valence-electron chi connectivity index (χ3n) is 4.29. The Balaban J connectivity index is 1.64.